The van der Waals surface area contributed by atoms with E-state index in [0.717, 1.165) is 16.5 Å². The molecule has 1 aromatic rings. The van der Waals surface area contributed by atoms with Crippen LogP contribution in [-0.2, 0) is 20.9 Å². The fraction of sp³-hybridized carbons (Fsp3) is 0.467. The van der Waals surface area contributed by atoms with Gasteiger partial charge in [0.15, 0.2) is 0 Å². The predicted octanol–water partition coefficient (Wildman–Crippen LogP) is 2.68. The number of halogens is 1. The maximum atomic E-state index is 12.1. The number of benzene rings is 1. The first-order valence-corrected chi connectivity index (χ1v) is 7.57. The van der Waals surface area contributed by atoms with Gasteiger partial charge >= 0.3 is 5.97 Å². The maximum Gasteiger partial charge on any atom is 0.323 e. The molecular formula is C15H20BrNO4. The van der Waals surface area contributed by atoms with Gasteiger partial charge in [-0.25, -0.2) is 0 Å². The summed E-state index contributed by atoms with van der Waals surface area (Å²) in [6.07, 6.45) is 0.782. The van der Waals surface area contributed by atoms with E-state index in [-0.39, 0.29) is 31.7 Å². The van der Waals surface area contributed by atoms with Crippen LogP contribution in [0.25, 0.3) is 0 Å². The number of amides is 1. The minimum Gasteiger partial charge on any atom is -0.480 e. The number of hydrogen-bond acceptors (Lipinski definition) is 3. The highest BCUT2D eigenvalue weighted by Gasteiger charge is 2.18. The van der Waals surface area contributed by atoms with Gasteiger partial charge in [-0.15, -0.1) is 0 Å². The van der Waals surface area contributed by atoms with Crippen molar-refractivity contribution in [2.45, 2.75) is 32.9 Å². The van der Waals surface area contributed by atoms with E-state index in [0.29, 0.717) is 0 Å². The molecule has 1 aromatic carbocycles. The second-order valence-corrected chi connectivity index (χ2v) is 5.72. The van der Waals surface area contributed by atoms with Crippen LogP contribution in [0.4, 0.5) is 0 Å². The van der Waals surface area contributed by atoms with E-state index in [2.05, 4.69) is 15.9 Å². The smallest absolute Gasteiger partial charge is 0.323 e. The van der Waals surface area contributed by atoms with Crippen molar-refractivity contribution in [3.05, 3.63) is 34.3 Å². The topological polar surface area (TPSA) is 66.8 Å². The Morgan fingerprint density at radius 2 is 2.14 bits per heavy atom. The van der Waals surface area contributed by atoms with Crippen molar-refractivity contribution in [1.29, 1.82) is 0 Å². The summed E-state index contributed by atoms with van der Waals surface area (Å²) >= 11 is 3.35. The normalized spacial score (nSPS) is 12.0. The number of carbonyl (C=O) groups excluding carboxylic acids is 1. The van der Waals surface area contributed by atoms with E-state index in [1.165, 1.54) is 4.90 Å². The summed E-state index contributed by atoms with van der Waals surface area (Å²) in [4.78, 5) is 24.3. The first-order valence-electron chi connectivity index (χ1n) is 6.78. The number of hydrogen-bond donors (Lipinski definition) is 1. The molecule has 0 aromatic heterocycles. The Balaban J connectivity index is 2.70. The average molecular weight is 358 g/mol. The summed E-state index contributed by atoms with van der Waals surface area (Å²) in [6, 6.07) is 7.43. The van der Waals surface area contributed by atoms with E-state index in [1.807, 2.05) is 38.1 Å². The van der Waals surface area contributed by atoms with Crippen molar-refractivity contribution in [1.82, 2.24) is 4.90 Å². The summed E-state index contributed by atoms with van der Waals surface area (Å²) in [5, 5.41) is 8.95. The molecule has 0 radical (unpaired) electrons. The van der Waals surface area contributed by atoms with Crippen LogP contribution in [0, 0.1) is 0 Å². The van der Waals surface area contributed by atoms with Gasteiger partial charge < -0.3 is 14.7 Å². The molecule has 1 unspecified atom stereocenters. The molecule has 1 N–H and O–H groups in total. The van der Waals surface area contributed by atoms with Crippen LogP contribution in [0.5, 0.6) is 0 Å². The van der Waals surface area contributed by atoms with Crippen LogP contribution in [0.2, 0.25) is 0 Å². The summed E-state index contributed by atoms with van der Waals surface area (Å²) in [7, 11) is 0. The second-order valence-electron chi connectivity index (χ2n) is 4.80. The molecule has 6 heteroatoms. The Labute approximate surface area is 133 Å². The number of rotatable bonds is 8. The zero-order valence-corrected chi connectivity index (χ0v) is 13.8. The number of ether oxygens (including phenoxy) is 1. The van der Waals surface area contributed by atoms with Crippen molar-refractivity contribution in [3.63, 3.8) is 0 Å². The van der Waals surface area contributed by atoms with Crippen LogP contribution in [-0.4, -0.2) is 41.1 Å². The third kappa shape index (κ3) is 6.73. The predicted molar refractivity (Wildman–Crippen MR) is 82.9 cm³/mol. The van der Waals surface area contributed by atoms with Gasteiger partial charge in [-0.1, -0.05) is 35.0 Å². The lowest BCUT2D eigenvalue weighted by Gasteiger charge is -2.22. The van der Waals surface area contributed by atoms with Gasteiger partial charge in [0.05, 0.1) is 6.10 Å². The van der Waals surface area contributed by atoms with Gasteiger partial charge in [0.2, 0.25) is 5.91 Å². The number of carboxylic acid groups (broad SMARTS) is 1. The second kappa shape index (κ2) is 8.79. The Kier molecular flexibility index (Phi) is 7.39. The fourth-order valence-corrected chi connectivity index (χ4v) is 2.12. The molecule has 0 saturated carbocycles. The van der Waals surface area contributed by atoms with Crippen LogP contribution in [0.15, 0.2) is 28.7 Å². The van der Waals surface area contributed by atoms with Gasteiger partial charge in [-0.2, -0.15) is 0 Å². The van der Waals surface area contributed by atoms with E-state index in [1.54, 1.807) is 0 Å². The third-order valence-corrected chi connectivity index (χ3v) is 3.50. The molecule has 0 aliphatic rings. The minimum absolute atomic E-state index is 0.0218. The lowest BCUT2D eigenvalue weighted by atomic mass is 10.2. The molecule has 0 heterocycles. The molecule has 1 atom stereocenters. The monoisotopic (exact) mass is 357 g/mol. The molecule has 5 nitrogen and oxygen atoms in total. The first kappa shape index (κ1) is 17.7. The molecule has 0 spiro atoms. The zero-order valence-electron chi connectivity index (χ0n) is 12.2. The Morgan fingerprint density at radius 1 is 1.43 bits per heavy atom. The lowest BCUT2D eigenvalue weighted by molar-refractivity contribution is -0.147. The molecule has 0 saturated heterocycles. The number of carboxylic acids is 1. The molecule has 0 aliphatic heterocycles. The highest BCUT2D eigenvalue weighted by molar-refractivity contribution is 9.10. The molecule has 116 valence electrons. The number of nitrogens with zero attached hydrogens (tertiary/aromatic N) is 1. The van der Waals surface area contributed by atoms with Crippen molar-refractivity contribution >= 4 is 27.8 Å². The van der Waals surface area contributed by atoms with Crippen molar-refractivity contribution in [2.75, 3.05) is 13.2 Å². The largest absolute Gasteiger partial charge is 0.480 e. The summed E-state index contributed by atoms with van der Waals surface area (Å²) < 4.78 is 6.27. The zero-order chi connectivity index (χ0) is 15.8. The van der Waals surface area contributed by atoms with Gasteiger partial charge in [0, 0.05) is 11.0 Å². The maximum absolute atomic E-state index is 12.1. The van der Waals surface area contributed by atoms with Gasteiger partial charge in [0.25, 0.3) is 0 Å². The van der Waals surface area contributed by atoms with Crippen molar-refractivity contribution in [3.8, 4) is 0 Å². The van der Waals surface area contributed by atoms with E-state index in [4.69, 9.17) is 9.84 Å². The van der Waals surface area contributed by atoms with Gasteiger partial charge in [-0.05, 0) is 31.0 Å². The molecule has 1 amide bonds. The molecule has 0 bridgehead atoms. The van der Waals surface area contributed by atoms with Crippen LogP contribution in [0.3, 0.4) is 0 Å². The third-order valence-electron chi connectivity index (χ3n) is 3.01. The highest BCUT2D eigenvalue weighted by atomic mass is 79.9. The Hall–Kier alpha value is -1.40. The number of aliphatic carboxylic acids is 1. The molecule has 21 heavy (non-hydrogen) atoms. The Morgan fingerprint density at radius 3 is 2.71 bits per heavy atom. The Bertz CT molecular complexity index is 492. The molecule has 0 fully saturated rings. The average Bonchev–Trinajstić information content (AvgIpc) is 2.43. The molecule has 0 aliphatic carbocycles. The minimum atomic E-state index is -1.04. The van der Waals surface area contributed by atoms with Crippen LogP contribution >= 0.6 is 15.9 Å². The van der Waals surface area contributed by atoms with Gasteiger partial charge in [0.1, 0.15) is 13.2 Å². The van der Waals surface area contributed by atoms with E-state index >= 15 is 0 Å². The van der Waals surface area contributed by atoms with E-state index in [9.17, 15) is 9.59 Å². The summed E-state index contributed by atoms with van der Waals surface area (Å²) in [6.45, 7) is 3.65. The van der Waals surface area contributed by atoms with Gasteiger partial charge in [-0.3, -0.25) is 9.59 Å². The van der Waals surface area contributed by atoms with Crippen molar-refractivity contribution < 1.29 is 19.4 Å². The summed E-state index contributed by atoms with van der Waals surface area (Å²) in [5.41, 5.74) is 0.863. The SMILES string of the molecule is CCC(C)OCC(=O)N(CC(=O)O)Cc1cccc(Br)c1. The van der Waals surface area contributed by atoms with E-state index < -0.39 is 5.97 Å². The number of carbonyl (C=O) groups is 2. The fourth-order valence-electron chi connectivity index (χ4n) is 1.67. The quantitative estimate of drug-likeness (QED) is 0.776. The van der Waals surface area contributed by atoms with Crippen LogP contribution < -0.4 is 0 Å². The van der Waals surface area contributed by atoms with Crippen molar-refractivity contribution in [2.24, 2.45) is 0 Å². The van der Waals surface area contributed by atoms with Crippen LogP contribution in [0.1, 0.15) is 25.8 Å². The first-order chi connectivity index (χ1) is 9.92. The molecule has 1 rings (SSSR count). The lowest BCUT2D eigenvalue weighted by Crippen LogP contribution is -2.38. The highest BCUT2D eigenvalue weighted by Crippen LogP contribution is 2.13. The standard InChI is InChI=1S/C15H20BrNO4/c1-3-11(2)21-10-14(18)17(9-15(19)20)8-12-5-4-6-13(16)7-12/h4-7,11H,3,8-10H2,1-2H3,(H,19,20). The summed E-state index contributed by atoms with van der Waals surface area (Å²) in [5.74, 6) is -1.36. The molecular weight excluding hydrogens is 338 g/mol.